The van der Waals surface area contributed by atoms with Gasteiger partial charge in [0.2, 0.25) is 5.91 Å². The van der Waals surface area contributed by atoms with E-state index in [-0.39, 0.29) is 5.91 Å². The lowest BCUT2D eigenvalue weighted by atomic mass is 9.98. The second kappa shape index (κ2) is 5.30. The molecule has 6 heteroatoms. The maximum absolute atomic E-state index is 12.4. The second-order valence-corrected chi connectivity index (χ2v) is 5.60. The van der Waals surface area contributed by atoms with Crippen molar-refractivity contribution < 1.29 is 9.90 Å². The predicted molar refractivity (Wildman–Crippen MR) is 71.2 cm³/mol. The number of hydrogen-bond acceptors (Lipinski definition) is 4. The summed E-state index contributed by atoms with van der Waals surface area (Å²) in [6.07, 6.45) is 5.50. The maximum Gasteiger partial charge on any atom is 0.244 e. The van der Waals surface area contributed by atoms with Crippen LogP contribution >= 0.6 is 0 Å². The van der Waals surface area contributed by atoms with E-state index in [1.54, 1.807) is 29.0 Å². The van der Waals surface area contributed by atoms with E-state index >= 15 is 0 Å². The van der Waals surface area contributed by atoms with Crippen molar-refractivity contribution in [3.8, 4) is 0 Å². The first kappa shape index (κ1) is 14.0. The number of carbonyl (C=O) groups is 1. The zero-order valence-electron chi connectivity index (χ0n) is 11.5. The first-order valence-corrected chi connectivity index (χ1v) is 6.64. The fraction of sp³-hybridized carbons (Fsp3) is 0.692. The number of carbonyl (C=O) groups excluding carboxylic acids is 1. The van der Waals surface area contributed by atoms with E-state index in [0.29, 0.717) is 19.5 Å². The van der Waals surface area contributed by atoms with Gasteiger partial charge in [-0.1, -0.05) is 0 Å². The lowest BCUT2D eigenvalue weighted by molar-refractivity contribution is -0.132. The van der Waals surface area contributed by atoms with Gasteiger partial charge in [-0.05, 0) is 26.2 Å². The average molecular weight is 266 g/mol. The summed E-state index contributed by atoms with van der Waals surface area (Å²) in [5.74, 6) is -0.0919. The number of aromatic nitrogens is 2. The van der Waals surface area contributed by atoms with Gasteiger partial charge in [-0.15, -0.1) is 0 Å². The monoisotopic (exact) mass is 266 g/mol. The Kier molecular flexibility index (Phi) is 3.91. The third-order valence-electron chi connectivity index (χ3n) is 3.73. The Morgan fingerprint density at radius 1 is 1.53 bits per heavy atom. The molecule has 106 valence electrons. The van der Waals surface area contributed by atoms with Gasteiger partial charge in [0.05, 0.1) is 11.8 Å². The Morgan fingerprint density at radius 2 is 2.26 bits per heavy atom. The summed E-state index contributed by atoms with van der Waals surface area (Å²) in [5, 5.41) is 14.1. The molecular weight excluding hydrogens is 244 g/mol. The van der Waals surface area contributed by atoms with Crippen LogP contribution in [0.3, 0.4) is 0 Å². The molecule has 0 aliphatic carbocycles. The quantitative estimate of drug-likeness (QED) is 0.800. The predicted octanol–water partition coefficient (Wildman–Crippen LogP) is 0.183. The van der Waals surface area contributed by atoms with Gasteiger partial charge >= 0.3 is 0 Å². The fourth-order valence-corrected chi connectivity index (χ4v) is 2.42. The van der Waals surface area contributed by atoms with Crippen LogP contribution < -0.4 is 5.73 Å². The highest BCUT2D eigenvalue weighted by Gasteiger charge is 2.29. The van der Waals surface area contributed by atoms with Crippen molar-refractivity contribution in [2.75, 3.05) is 13.1 Å². The largest absolute Gasteiger partial charge is 0.390 e. The normalized spacial score (nSPS) is 26.0. The van der Waals surface area contributed by atoms with Crippen LogP contribution in [0.4, 0.5) is 0 Å². The molecule has 3 N–H and O–H groups in total. The Bertz CT molecular complexity index is 455. The van der Waals surface area contributed by atoms with Crippen LogP contribution in [0, 0.1) is 0 Å². The zero-order chi connectivity index (χ0) is 14.0. The summed E-state index contributed by atoms with van der Waals surface area (Å²) in [4.78, 5) is 14.1. The summed E-state index contributed by atoms with van der Waals surface area (Å²) in [7, 11) is 1.80. The van der Waals surface area contributed by atoms with Gasteiger partial charge in [-0.25, -0.2) is 0 Å². The molecule has 0 bridgehead atoms. The van der Waals surface area contributed by atoms with Crippen molar-refractivity contribution in [2.45, 2.75) is 37.8 Å². The molecule has 0 radical (unpaired) electrons. The maximum atomic E-state index is 12.4. The molecule has 1 aliphatic heterocycles. The second-order valence-electron chi connectivity index (χ2n) is 5.60. The Labute approximate surface area is 113 Å². The highest BCUT2D eigenvalue weighted by atomic mass is 16.3. The van der Waals surface area contributed by atoms with E-state index < -0.39 is 11.6 Å². The first-order valence-electron chi connectivity index (χ1n) is 6.64. The van der Waals surface area contributed by atoms with E-state index in [1.165, 1.54) is 0 Å². The van der Waals surface area contributed by atoms with Crippen molar-refractivity contribution in [1.29, 1.82) is 0 Å². The van der Waals surface area contributed by atoms with Crippen LogP contribution in [0.25, 0.3) is 0 Å². The van der Waals surface area contributed by atoms with E-state index in [9.17, 15) is 9.90 Å². The summed E-state index contributed by atoms with van der Waals surface area (Å²) >= 11 is 0. The van der Waals surface area contributed by atoms with Crippen LogP contribution in [0.2, 0.25) is 0 Å². The van der Waals surface area contributed by atoms with Gasteiger partial charge in [-0.3, -0.25) is 9.48 Å². The molecule has 1 saturated heterocycles. The van der Waals surface area contributed by atoms with Crippen molar-refractivity contribution in [3.05, 3.63) is 18.0 Å². The smallest absolute Gasteiger partial charge is 0.244 e. The minimum absolute atomic E-state index is 0.0919. The standard InChI is InChI=1S/C13H22N4O2/c1-13(19)4-3-6-17(7-5-13)12(18)11(14)10-8-15-16(2)9-10/h8-9,11,19H,3-7,14H2,1-2H3. The summed E-state index contributed by atoms with van der Waals surface area (Å²) in [5.41, 5.74) is 6.05. The van der Waals surface area contributed by atoms with Crippen molar-refractivity contribution in [2.24, 2.45) is 12.8 Å². The Hall–Kier alpha value is -1.40. The number of likely N-dealkylation sites (tertiary alicyclic amines) is 1. The third-order valence-corrected chi connectivity index (χ3v) is 3.73. The minimum atomic E-state index is -0.673. The number of aryl methyl sites for hydroxylation is 1. The molecule has 2 unspecified atom stereocenters. The fourth-order valence-electron chi connectivity index (χ4n) is 2.42. The molecule has 2 atom stereocenters. The molecule has 2 heterocycles. The van der Waals surface area contributed by atoms with Crippen molar-refractivity contribution in [3.63, 3.8) is 0 Å². The topological polar surface area (TPSA) is 84.4 Å². The Balaban J connectivity index is 2.03. The molecular formula is C13H22N4O2. The van der Waals surface area contributed by atoms with Gasteiger partial charge in [0, 0.05) is 31.9 Å². The third kappa shape index (κ3) is 3.33. The van der Waals surface area contributed by atoms with Gasteiger partial charge < -0.3 is 15.7 Å². The number of nitrogens with two attached hydrogens (primary N) is 1. The molecule has 1 aromatic heterocycles. The molecule has 19 heavy (non-hydrogen) atoms. The number of rotatable bonds is 2. The number of aliphatic hydroxyl groups is 1. The van der Waals surface area contributed by atoms with E-state index in [0.717, 1.165) is 18.4 Å². The molecule has 1 aromatic rings. The number of hydrogen-bond donors (Lipinski definition) is 2. The molecule has 1 fully saturated rings. The molecule has 1 aliphatic rings. The first-order chi connectivity index (χ1) is 8.89. The van der Waals surface area contributed by atoms with Crippen LogP contribution in [-0.4, -0.2) is 44.4 Å². The zero-order valence-corrected chi connectivity index (χ0v) is 11.5. The lowest BCUT2D eigenvalue weighted by Gasteiger charge is -2.24. The van der Waals surface area contributed by atoms with Crippen LogP contribution in [-0.2, 0) is 11.8 Å². The van der Waals surface area contributed by atoms with Crippen LogP contribution in [0.1, 0.15) is 37.8 Å². The SMILES string of the molecule is Cn1cc(C(N)C(=O)N2CCCC(C)(O)CC2)cn1. The van der Waals surface area contributed by atoms with E-state index in [1.807, 2.05) is 6.92 Å². The van der Waals surface area contributed by atoms with E-state index in [2.05, 4.69) is 5.10 Å². The summed E-state index contributed by atoms with van der Waals surface area (Å²) < 4.78 is 1.63. The van der Waals surface area contributed by atoms with Gasteiger partial charge in [0.15, 0.2) is 0 Å². The van der Waals surface area contributed by atoms with Crippen molar-refractivity contribution >= 4 is 5.91 Å². The van der Waals surface area contributed by atoms with Gasteiger partial charge in [-0.2, -0.15) is 5.10 Å². The van der Waals surface area contributed by atoms with Crippen molar-refractivity contribution in [1.82, 2.24) is 14.7 Å². The molecule has 0 aromatic carbocycles. The van der Waals surface area contributed by atoms with E-state index in [4.69, 9.17) is 5.73 Å². The molecule has 1 amide bonds. The molecule has 6 nitrogen and oxygen atoms in total. The number of nitrogens with zero attached hydrogens (tertiary/aromatic N) is 3. The van der Waals surface area contributed by atoms with Crippen LogP contribution in [0.5, 0.6) is 0 Å². The summed E-state index contributed by atoms with van der Waals surface area (Å²) in [6, 6.07) is -0.670. The summed E-state index contributed by atoms with van der Waals surface area (Å²) in [6.45, 7) is 3.03. The lowest BCUT2D eigenvalue weighted by Crippen LogP contribution is -2.39. The molecule has 0 spiro atoms. The molecule has 0 saturated carbocycles. The minimum Gasteiger partial charge on any atom is -0.390 e. The van der Waals surface area contributed by atoms with Gasteiger partial charge in [0.25, 0.3) is 0 Å². The average Bonchev–Trinajstić information content (AvgIpc) is 2.69. The highest BCUT2D eigenvalue weighted by molar-refractivity contribution is 5.83. The molecule has 2 rings (SSSR count). The van der Waals surface area contributed by atoms with Gasteiger partial charge in [0.1, 0.15) is 6.04 Å². The Morgan fingerprint density at radius 3 is 2.89 bits per heavy atom. The number of amides is 1. The van der Waals surface area contributed by atoms with Crippen LogP contribution in [0.15, 0.2) is 12.4 Å². The highest BCUT2D eigenvalue weighted by Crippen LogP contribution is 2.23.